The number of pyridine rings is 1. The van der Waals surface area contributed by atoms with Gasteiger partial charge in [-0.2, -0.15) is 21.4 Å². The molecule has 11 heteroatoms. The third-order valence-corrected chi connectivity index (χ3v) is 13.4. The number of thioether (sulfide) groups is 1. The van der Waals surface area contributed by atoms with Gasteiger partial charge in [0.1, 0.15) is 19.3 Å². The molecule has 1 aliphatic carbocycles. The summed E-state index contributed by atoms with van der Waals surface area (Å²) in [6, 6.07) is 18.8. The summed E-state index contributed by atoms with van der Waals surface area (Å²) in [6.45, 7) is 16.5. The van der Waals surface area contributed by atoms with Crippen LogP contribution in [0.3, 0.4) is 0 Å². The summed E-state index contributed by atoms with van der Waals surface area (Å²) in [5, 5.41) is 16.1. The smallest absolute Gasteiger partial charge is 0.165 e. The van der Waals surface area contributed by atoms with Gasteiger partial charge in [0.05, 0.1) is 17.5 Å². The number of rotatable bonds is 16. The highest BCUT2D eigenvalue weighted by atomic mass is 32.2. The minimum atomic E-state index is -1.24. The first-order chi connectivity index (χ1) is 22.8. The van der Waals surface area contributed by atoms with Gasteiger partial charge in [0.2, 0.25) is 0 Å². The molecule has 1 saturated carbocycles. The predicted molar refractivity (Wildman–Crippen MR) is 207 cm³/mol. The number of anilines is 1. The molecule has 0 unspecified atom stereocenters. The first kappa shape index (κ1) is 36.7. The van der Waals surface area contributed by atoms with Crippen molar-refractivity contribution in [3.05, 3.63) is 66.6 Å². The largest absolute Gasteiger partial charge is 0.389 e. The Morgan fingerprint density at radius 2 is 1.54 bits per heavy atom. The van der Waals surface area contributed by atoms with E-state index in [1.165, 1.54) is 0 Å². The van der Waals surface area contributed by atoms with Crippen LogP contribution in [-0.4, -0.2) is 85.1 Å². The van der Waals surface area contributed by atoms with Crippen LogP contribution in [0.4, 0.5) is 5.82 Å². The second kappa shape index (κ2) is 16.0. The van der Waals surface area contributed by atoms with Gasteiger partial charge in [-0.05, 0) is 50.1 Å². The van der Waals surface area contributed by atoms with Crippen molar-refractivity contribution < 1.29 is 14.6 Å². The lowest BCUT2D eigenvalue weighted by Crippen LogP contribution is -2.36. The molecule has 0 radical (unpaired) electrons. The number of ether oxygens (including phenoxy) is 2. The van der Waals surface area contributed by atoms with E-state index in [9.17, 15) is 5.11 Å². The van der Waals surface area contributed by atoms with E-state index in [-0.39, 0.29) is 5.92 Å². The van der Waals surface area contributed by atoms with Gasteiger partial charge in [-0.25, -0.2) is 4.98 Å². The Morgan fingerprint density at radius 3 is 2.10 bits per heavy atom. The lowest BCUT2D eigenvalue weighted by molar-refractivity contribution is 0.0216. The fraction of sp³-hybridized carbons (Fsp3) is 0.541. The quantitative estimate of drug-likeness (QED) is 0.0705. The van der Waals surface area contributed by atoms with Crippen LogP contribution in [0.25, 0.3) is 28.0 Å². The van der Waals surface area contributed by atoms with Crippen LogP contribution in [0.2, 0.25) is 51.4 Å². The summed E-state index contributed by atoms with van der Waals surface area (Å²) in [5.74, 6) is 1.94. The van der Waals surface area contributed by atoms with Crippen molar-refractivity contribution in [2.24, 2.45) is 0 Å². The molecule has 3 heterocycles. The molecule has 48 heavy (non-hydrogen) atoms. The number of aromatic nitrogens is 4. The van der Waals surface area contributed by atoms with Crippen molar-refractivity contribution in [2.45, 2.75) is 88.6 Å². The Morgan fingerprint density at radius 1 is 0.896 bits per heavy atom. The van der Waals surface area contributed by atoms with Crippen LogP contribution >= 0.6 is 11.8 Å². The highest BCUT2D eigenvalue weighted by Crippen LogP contribution is 2.40. The molecular weight excluding hydrogens is 651 g/mol. The maximum Gasteiger partial charge on any atom is 0.165 e. The fourth-order valence-corrected chi connectivity index (χ4v) is 8.42. The van der Waals surface area contributed by atoms with E-state index in [2.05, 4.69) is 80.8 Å². The van der Waals surface area contributed by atoms with Gasteiger partial charge < -0.3 is 19.5 Å². The Kier molecular flexibility index (Phi) is 12.2. The summed E-state index contributed by atoms with van der Waals surface area (Å²) in [7, 11) is -2.48. The number of hydrogen-bond acceptors (Lipinski definition) is 8. The highest BCUT2D eigenvalue weighted by Gasteiger charge is 2.34. The number of aliphatic hydroxyl groups is 1. The van der Waals surface area contributed by atoms with Crippen LogP contribution in [0.15, 0.2) is 60.9 Å². The van der Waals surface area contributed by atoms with Crippen LogP contribution in [-0.2, 0) is 9.47 Å². The van der Waals surface area contributed by atoms with Gasteiger partial charge in [0.25, 0.3) is 0 Å². The summed E-state index contributed by atoms with van der Waals surface area (Å²) >= 11 is 1.72. The zero-order valence-electron chi connectivity index (χ0n) is 30.0. The highest BCUT2D eigenvalue weighted by molar-refractivity contribution is 7.98. The standard InChI is InChI=1S/C37H55N5O3SSi2/c1-46-26-37(43)17-15-30(16-18-37)34-23-35(41(27-44-19-21-47(2,3)4)28-45-20-22-48(5,6)7)42-36(40-34)32(25-39-42)31-13-14-33(38-24-31)29-11-9-8-10-12-29/h8-14,23-25,30,43H,15-22,26-28H2,1-7H3/t30-,37-. The maximum atomic E-state index is 11.2. The molecule has 5 rings (SSSR count). The van der Waals surface area contributed by atoms with Gasteiger partial charge >= 0.3 is 0 Å². The van der Waals surface area contributed by atoms with Crippen molar-refractivity contribution in [3.63, 3.8) is 0 Å². The molecule has 3 aromatic heterocycles. The molecule has 260 valence electrons. The second-order valence-electron chi connectivity index (χ2n) is 15.8. The molecular formula is C37H55N5O3SSi2. The summed E-state index contributed by atoms with van der Waals surface area (Å²) < 4.78 is 14.6. The van der Waals surface area contributed by atoms with Crippen LogP contribution < -0.4 is 4.90 Å². The summed E-state index contributed by atoms with van der Waals surface area (Å²) in [4.78, 5) is 12.3. The molecule has 4 aromatic rings. The third kappa shape index (κ3) is 10.0. The minimum Gasteiger partial charge on any atom is -0.389 e. The molecule has 0 spiro atoms. The van der Waals surface area contributed by atoms with E-state index in [0.717, 1.165) is 96.3 Å². The normalized spacial score (nSPS) is 18.8. The van der Waals surface area contributed by atoms with E-state index in [4.69, 9.17) is 24.5 Å². The molecule has 0 amide bonds. The van der Waals surface area contributed by atoms with Crippen LogP contribution in [0.1, 0.15) is 37.3 Å². The molecule has 1 aromatic carbocycles. The predicted octanol–water partition coefficient (Wildman–Crippen LogP) is 8.64. The Hall–Kier alpha value is -2.55. The topological polar surface area (TPSA) is 85.0 Å². The van der Waals surface area contributed by atoms with Gasteiger partial charge in [-0.15, -0.1) is 0 Å². The van der Waals surface area contributed by atoms with E-state index >= 15 is 0 Å². The van der Waals surface area contributed by atoms with Crippen LogP contribution in [0, 0.1) is 0 Å². The second-order valence-corrected chi connectivity index (χ2v) is 27.9. The molecule has 0 aliphatic heterocycles. The van der Waals surface area contributed by atoms with E-state index in [0.29, 0.717) is 13.5 Å². The van der Waals surface area contributed by atoms with E-state index in [1.54, 1.807) is 11.8 Å². The van der Waals surface area contributed by atoms with Crippen molar-refractivity contribution >= 4 is 39.4 Å². The lowest BCUT2D eigenvalue weighted by atomic mass is 9.78. The number of nitrogens with zero attached hydrogens (tertiary/aromatic N) is 5. The Labute approximate surface area is 293 Å². The first-order valence-electron chi connectivity index (χ1n) is 17.4. The first-order valence-corrected chi connectivity index (χ1v) is 26.2. The molecule has 1 fully saturated rings. The van der Waals surface area contributed by atoms with Crippen molar-refractivity contribution in [3.8, 4) is 22.4 Å². The molecule has 1 N–H and O–H groups in total. The zero-order chi connectivity index (χ0) is 34.4. The van der Waals surface area contributed by atoms with Gasteiger partial charge in [-0.1, -0.05) is 75.7 Å². The Balaban J connectivity index is 1.51. The zero-order valence-corrected chi connectivity index (χ0v) is 32.9. The SMILES string of the molecule is CSC[C@]1(O)CC[C@H](c2cc(N(COCC[Si](C)(C)C)COCC[Si](C)(C)C)n3ncc(-c4ccc(-c5ccccc5)nc4)c3n2)CC1. The van der Waals surface area contributed by atoms with E-state index < -0.39 is 21.7 Å². The Bertz CT molecular complexity index is 1580. The number of fused-ring (bicyclic) bond motifs is 1. The summed E-state index contributed by atoms with van der Waals surface area (Å²) in [5.41, 5.74) is 5.18. The van der Waals surface area contributed by atoms with Crippen molar-refractivity contribution in [1.29, 1.82) is 0 Å². The third-order valence-electron chi connectivity index (χ3n) is 9.18. The molecule has 1 aliphatic rings. The van der Waals surface area contributed by atoms with Crippen molar-refractivity contribution in [1.82, 2.24) is 19.6 Å². The monoisotopic (exact) mass is 705 g/mol. The maximum absolute atomic E-state index is 11.2. The van der Waals surface area contributed by atoms with Crippen molar-refractivity contribution in [2.75, 3.05) is 43.6 Å². The number of hydrogen-bond donors (Lipinski definition) is 1. The van der Waals surface area contributed by atoms with Gasteiger partial charge in [-0.3, -0.25) is 4.98 Å². The van der Waals surface area contributed by atoms with Gasteiger partial charge in [0.15, 0.2) is 5.65 Å². The molecule has 0 saturated heterocycles. The van der Waals surface area contributed by atoms with E-state index in [1.807, 2.05) is 35.1 Å². The fourth-order valence-electron chi connectivity index (χ4n) is 6.08. The average molecular weight is 706 g/mol. The number of benzene rings is 1. The van der Waals surface area contributed by atoms with Crippen LogP contribution in [0.5, 0.6) is 0 Å². The minimum absolute atomic E-state index is 0.250. The average Bonchev–Trinajstić information content (AvgIpc) is 3.48. The lowest BCUT2D eigenvalue weighted by Gasteiger charge is -2.35. The van der Waals surface area contributed by atoms with Gasteiger partial charge in [0, 0.05) is 75.7 Å². The molecule has 8 nitrogen and oxygen atoms in total. The molecule has 0 atom stereocenters. The molecule has 0 bridgehead atoms. The summed E-state index contributed by atoms with van der Waals surface area (Å²) in [6.07, 6.45) is 9.25.